The molecule has 3 rings (SSSR count). The molecule has 1 fully saturated rings. The van der Waals surface area contributed by atoms with Gasteiger partial charge in [0.15, 0.2) is 0 Å². The lowest BCUT2D eigenvalue weighted by atomic mass is 10.0. The minimum absolute atomic E-state index is 0.0647. The molecule has 0 saturated carbocycles. The van der Waals surface area contributed by atoms with Gasteiger partial charge in [-0.1, -0.05) is 24.3 Å². The van der Waals surface area contributed by atoms with E-state index in [1.54, 1.807) is 0 Å². The third-order valence-corrected chi connectivity index (χ3v) is 4.97. The van der Waals surface area contributed by atoms with Gasteiger partial charge in [0.05, 0.1) is 5.56 Å². The lowest BCUT2D eigenvalue weighted by molar-refractivity contribution is 0.0949. The highest BCUT2D eigenvalue weighted by atomic mass is 32.2. The number of benzene rings is 2. The number of carbonyl (C=O) groups is 1. The largest absolute Gasteiger partial charge is 0.398 e. The summed E-state index contributed by atoms with van der Waals surface area (Å²) in [6.07, 6.45) is 1.19. The molecule has 1 aliphatic rings. The topological polar surface area (TPSA) is 55.1 Å². The van der Waals surface area contributed by atoms with Gasteiger partial charge in [0, 0.05) is 12.2 Å². The summed E-state index contributed by atoms with van der Waals surface area (Å²) < 4.78 is 0. The molecule has 20 heavy (non-hydrogen) atoms. The van der Waals surface area contributed by atoms with E-state index in [4.69, 9.17) is 5.73 Å². The minimum atomic E-state index is -0.0647. The van der Waals surface area contributed by atoms with Gasteiger partial charge >= 0.3 is 0 Å². The second-order valence-corrected chi connectivity index (χ2v) is 6.38. The minimum Gasteiger partial charge on any atom is -0.398 e. The number of thioether (sulfide) groups is 1. The summed E-state index contributed by atoms with van der Waals surface area (Å²) in [7, 11) is 0. The number of nitrogen functional groups attached to an aromatic ring is 1. The van der Waals surface area contributed by atoms with Crippen LogP contribution in [0, 0.1) is 5.92 Å². The normalized spacial score (nSPS) is 18.3. The molecule has 1 amide bonds. The van der Waals surface area contributed by atoms with Crippen molar-refractivity contribution in [1.29, 1.82) is 0 Å². The first-order valence-electron chi connectivity index (χ1n) is 6.88. The molecule has 0 aliphatic carbocycles. The number of anilines is 1. The first-order valence-corrected chi connectivity index (χ1v) is 8.04. The maximum atomic E-state index is 12.3. The van der Waals surface area contributed by atoms with Crippen molar-refractivity contribution >= 4 is 34.1 Å². The highest BCUT2D eigenvalue weighted by Crippen LogP contribution is 2.24. The third kappa shape index (κ3) is 2.75. The van der Waals surface area contributed by atoms with Gasteiger partial charge in [-0.2, -0.15) is 11.8 Å². The Labute approximate surface area is 122 Å². The van der Waals surface area contributed by atoms with Gasteiger partial charge in [-0.3, -0.25) is 4.79 Å². The van der Waals surface area contributed by atoms with Crippen molar-refractivity contribution in [2.45, 2.75) is 6.42 Å². The van der Waals surface area contributed by atoms with Crippen molar-refractivity contribution in [2.75, 3.05) is 23.8 Å². The van der Waals surface area contributed by atoms with Crippen LogP contribution in [0.3, 0.4) is 0 Å². The van der Waals surface area contributed by atoms with Crippen molar-refractivity contribution in [3.05, 3.63) is 42.0 Å². The maximum Gasteiger partial charge on any atom is 0.253 e. The molecule has 0 spiro atoms. The second kappa shape index (κ2) is 5.75. The van der Waals surface area contributed by atoms with Crippen molar-refractivity contribution in [3.63, 3.8) is 0 Å². The Morgan fingerprint density at radius 1 is 1.30 bits per heavy atom. The number of nitrogens with one attached hydrogen (secondary N) is 1. The van der Waals surface area contributed by atoms with Crippen LogP contribution in [0.15, 0.2) is 36.4 Å². The number of hydrogen-bond donors (Lipinski definition) is 2. The highest BCUT2D eigenvalue weighted by molar-refractivity contribution is 7.99. The van der Waals surface area contributed by atoms with E-state index in [9.17, 15) is 4.79 Å². The zero-order valence-corrected chi connectivity index (χ0v) is 12.1. The number of nitrogens with two attached hydrogens (primary N) is 1. The molecular formula is C16H18N2OS. The molecule has 104 valence electrons. The Hall–Kier alpha value is -1.68. The fraction of sp³-hybridized carbons (Fsp3) is 0.312. The fourth-order valence-electron chi connectivity index (χ4n) is 2.53. The van der Waals surface area contributed by atoms with Crippen LogP contribution >= 0.6 is 11.8 Å². The molecule has 1 heterocycles. The van der Waals surface area contributed by atoms with E-state index in [-0.39, 0.29) is 5.91 Å². The molecule has 4 heteroatoms. The smallest absolute Gasteiger partial charge is 0.253 e. The summed E-state index contributed by atoms with van der Waals surface area (Å²) in [6.45, 7) is 0.748. The van der Waals surface area contributed by atoms with Gasteiger partial charge in [-0.25, -0.2) is 0 Å². The Kier molecular flexibility index (Phi) is 3.83. The highest BCUT2D eigenvalue weighted by Gasteiger charge is 2.17. The van der Waals surface area contributed by atoms with Gasteiger partial charge in [0.1, 0.15) is 0 Å². The molecule has 3 N–H and O–H groups in total. The average Bonchev–Trinajstić information content (AvgIpc) is 2.97. The van der Waals surface area contributed by atoms with Crippen LogP contribution in [-0.4, -0.2) is 24.0 Å². The van der Waals surface area contributed by atoms with E-state index in [1.165, 1.54) is 12.2 Å². The Morgan fingerprint density at radius 3 is 2.75 bits per heavy atom. The van der Waals surface area contributed by atoms with E-state index in [0.29, 0.717) is 17.2 Å². The summed E-state index contributed by atoms with van der Waals surface area (Å²) in [5.41, 5.74) is 7.13. The summed E-state index contributed by atoms with van der Waals surface area (Å²) >= 11 is 1.96. The molecule has 2 aromatic carbocycles. The van der Waals surface area contributed by atoms with Gasteiger partial charge in [0.2, 0.25) is 0 Å². The van der Waals surface area contributed by atoms with E-state index < -0.39 is 0 Å². The SMILES string of the molecule is Nc1cc2ccccc2cc1C(=O)NCC1CCSC1. The lowest BCUT2D eigenvalue weighted by Crippen LogP contribution is -2.29. The van der Waals surface area contributed by atoms with Crippen LogP contribution in [0.5, 0.6) is 0 Å². The van der Waals surface area contributed by atoms with Crippen LogP contribution < -0.4 is 11.1 Å². The lowest BCUT2D eigenvalue weighted by Gasteiger charge is -2.12. The van der Waals surface area contributed by atoms with Gasteiger partial charge in [-0.15, -0.1) is 0 Å². The maximum absolute atomic E-state index is 12.3. The summed E-state index contributed by atoms with van der Waals surface area (Å²) in [4.78, 5) is 12.3. The first-order chi connectivity index (χ1) is 9.74. The number of amides is 1. The number of hydrogen-bond acceptors (Lipinski definition) is 3. The van der Waals surface area contributed by atoms with Crippen LogP contribution in [0.1, 0.15) is 16.8 Å². The van der Waals surface area contributed by atoms with Gasteiger partial charge < -0.3 is 11.1 Å². The van der Waals surface area contributed by atoms with Crippen molar-refractivity contribution in [1.82, 2.24) is 5.32 Å². The van der Waals surface area contributed by atoms with Crippen molar-refractivity contribution in [3.8, 4) is 0 Å². The Bertz CT molecular complexity index is 635. The van der Waals surface area contributed by atoms with Crippen LogP contribution in [0.25, 0.3) is 10.8 Å². The first kappa shape index (κ1) is 13.3. The monoisotopic (exact) mass is 286 g/mol. The molecule has 0 aromatic heterocycles. The molecule has 0 bridgehead atoms. The zero-order valence-electron chi connectivity index (χ0n) is 11.3. The molecule has 3 nitrogen and oxygen atoms in total. The van der Waals surface area contributed by atoms with E-state index in [1.807, 2.05) is 48.2 Å². The van der Waals surface area contributed by atoms with Crippen LogP contribution in [-0.2, 0) is 0 Å². The average molecular weight is 286 g/mol. The van der Waals surface area contributed by atoms with E-state index >= 15 is 0 Å². The summed E-state index contributed by atoms with van der Waals surface area (Å²) in [5, 5.41) is 5.12. The predicted molar refractivity (Wildman–Crippen MR) is 86.1 cm³/mol. The number of rotatable bonds is 3. The van der Waals surface area contributed by atoms with Crippen molar-refractivity contribution < 1.29 is 4.79 Å². The fourth-order valence-corrected chi connectivity index (χ4v) is 3.82. The summed E-state index contributed by atoms with van der Waals surface area (Å²) in [6, 6.07) is 11.7. The van der Waals surface area contributed by atoms with Gasteiger partial charge in [-0.05, 0) is 46.7 Å². The Morgan fingerprint density at radius 2 is 2.05 bits per heavy atom. The van der Waals surface area contributed by atoms with Crippen molar-refractivity contribution in [2.24, 2.45) is 5.92 Å². The second-order valence-electron chi connectivity index (χ2n) is 5.23. The standard InChI is InChI=1S/C16H18N2OS/c17-15-8-13-4-2-1-3-12(13)7-14(15)16(19)18-9-11-5-6-20-10-11/h1-4,7-8,11H,5-6,9-10,17H2,(H,18,19). The predicted octanol–water partition coefficient (Wildman–Crippen LogP) is 2.90. The molecular weight excluding hydrogens is 268 g/mol. The molecule has 0 radical (unpaired) electrons. The van der Waals surface area contributed by atoms with Gasteiger partial charge in [0.25, 0.3) is 5.91 Å². The third-order valence-electron chi connectivity index (χ3n) is 3.74. The molecule has 1 unspecified atom stereocenters. The molecule has 1 atom stereocenters. The zero-order chi connectivity index (χ0) is 13.9. The molecule has 1 aliphatic heterocycles. The van der Waals surface area contributed by atoms with Crippen LogP contribution in [0.4, 0.5) is 5.69 Å². The van der Waals surface area contributed by atoms with E-state index in [0.717, 1.165) is 23.1 Å². The number of fused-ring (bicyclic) bond motifs is 1. The van der Waals surface area contributed by atoms with E-state index in [2.05, 4.69) is 5.32 Å². The quantitative estimate of drug-likeness (QED) is 0.853. The van der Waals surface area contributed by atoms with Crippen LogP contribution in [0.2, 0.25) is 0 Å². The molecule has 1 saturated heterocycles. The molecule has 2 aromatic rings. The number of carbonyl (C=O) groups excluding carboxylic acids is 1. The summed E-state index contributed by atoms with van der Waals surface area (Å²) in [5.74, 6) is 2.89. The Balaban J connectivity index is 1.77.